The van der Waals surface area contributed by atoms with Crippen LogP contribution in [0.2, 0.25) is 5.02 Å². The number of fused-ring (bicyclic) bond motifs is 3. The molecule has 4 nitrogen and oxygen atoms in total. The second-order valence-electron chi connectivity index (χ2n) is 5.26. The first-order valence-electron chi connectivity index (χ1n) is 6.73. The number of halogens is 2. The average Bonchev–Trinajstić information content (AvgIpc) is 2.99. The lowest BCUT2D eigenvalue weighted by Crippen LogP contribution is -2.28. The minimum absolute atomic E-state index is 0.129. The quantitative estimate of drug-likeness (QED) is 0.751. The van der Waals surface area contributed by atoms with Crippen LogP contribution < -0.4 is 0 Å². The van der Waals surface area contributed by atoms with Gasteiger partial charge in [-0.3, -0.25) is 4.57 Å². The highest BCUT2D eigenvalue weighted by Crippen LogP contribution is 2.46. The zero-order chi connectivity index (χ0) is 15.5. The molecule has 0 amide bonds. The summed E-state index contributed by atoms with van der Waals surface area (Å²) in [5.41, 5.74) is -0.386. The Bertz CT molecular complexity index is 908. The molecule has 0 aliphatic carbocycles. The first-order chi connectivity index (χ1) is 10.5. The number of aromatic nitrogens is 3. The van der Waals surface area contributed by atoms with E-state index in [1.165, 1.54) is 6.07 Å². The Hall–Kier alpha value is -2.24. The van der Waals surface area contributed by atoms with Gasteiger partial charge in [-0.2, -0.15) is 0 Å². The second kappa shape index (κ2) is 4.38. The van der Waals surface area contributed by atoms with E-state index in [0.717, 1.165) is 0 Å². The molecule has 2 aromatic carbocycles. The summed E-state index contributed by atoms with van der Waals surface area (Å²) < 4.78 is 16.1. The van der Waals surface area contributed by atoms with Crippen LogP contribution >= 0.6 is 11.6 Å². The fraction of sp³-hybridized carbons (Fsp3) is 0.125. The topological polar surface area (TPSA) is 50.9 Å². The zero-order valence-electron chi connectivity index (χ0n) is 11.6. The van der Waals surface area contributed by atoms with Gasteiger partial charge >= 0.3 is 0 Å². The summed E-state index contributed by atoms with van der Waals surface area (Å²) in [4.78, 5) is 0. The highest BCUT2D eigenvalue weighted by atomic mass is 35.5. The molecule has 4 rings (SSSR count). The molecule has 3 aromatic rings. The predicted octanol–water partition coefficient (Wildman–Crippen LogP) is 2.97. The van der Waals surface area contributed by atoms with Gasteiger partial charge in [-0.25, -0.2) is 4.39 Å². The Morgan fingerprint density at radius 1 is 1.14 bits per heavy atom. The van der Waals surface area contributed by atoms with E-state index < -0.39 is 11.4 Å². The maximum atomic E-state index is 14.3. The van der Waals surface area contributed by atoms with E-state index in [9.17, 15) is 9.50 Å². The van der Waals surface area contributed by atoms with E-state index in [1.54, 1.807) is 47.9 Å². The molecule has 1 aromatic heterocycles. The molecule has 1 unspecified atom stereocenters. The smallest absolute Gasteiger partial charge is 0.180 e. The molecule has 1 aliphatic heterocycles. The molecule has 0 saturated heterocycles. The van der Waals surface area contributed by atoms with Gasteiger partial charge in [0, 0.05) is 16.1 Å². The molecule has 1 aliphatic rings. The maximum Gasteiger partial charge on any atom is 0.180 e. The number of hydrogen-bond donors (Lipinski definition) is 1. The first kappa shape index (κ1) is 13.4. The highest BCUT2D eigenvalue weighted by Gasteiger charge is 2.48. The van der Waals surface area contributed by atoms with E-state index >= 15 is 0 Å². The van der Waals surface area contributed by atoms with Crippen LogP contribution in [0.15, 0.2) is 42.5 Å². The summed E-state index contributed by atoms with van der Waals surface area (Å²) in [5.74, 6) is 0.378. The molecule has 1 atom stereocenters. The van der Waals surface area contributed by atoms with Crippen molar-refractivity contribution < 1.29 is 9.50 Å². The Labute approximate surface area is 130 Å². The molecule has 1 N–H and O–H groups in total. The third-order valence-corrected chi connectivity index (χ3v) is 4.24. The summed E-state index contributed by atoms with van der Waals surface area (Å²) in [6, 6.07) is 11.2. The van der Waals surface area contributed by atoms with Crippen molar-refractivity contribution >= 4 is 11.6 Å². The number of nitrogens with zero attached hydrogens (tertiary/aromatic N) is 3. The Morgan fingerprint density at radius 3 is 2.68 bits per heavy atom. The van der Waals surface area contributed by atoms with Crippen molar-refractivity contribution in [2.75, 3.05) is 0 Å². The molecule has 0 bridgehead atoms. The van der Waals surface area contributed by atoms with Crippen molar-refractivity contribution in [3.8, 4) is 5.69 Å². The van der Waals surface area contributed by atoms with E-state index in [4.69, 9.17) is 11.6 Å². The van der Waals surface area contributed by atoms with Gasteiger partial charge in [-0.05, 0) is 31.2 Å². The minimum atomic E-state index is -1.72. The van der Waals surface area contributed by atoms with Crippen LogP contribution in [0.25, 0.3) is 5.69 Å². The Morgan fingerprint density at radius 2 is 1.91 bits per heavy atom. The van der Waals surface area contributed by atoms with Gasteiger partial charge in [-0.15, -0.1) is 10.2 Å². The molecule has 2 heterocycles. The van der Waals surface area contributed by atoms with Crippen LogP contribution in [0.3, 0.4) is 0 Å². The van der Waals surface area contributed by atoms with Gasteiger partial charge in [0.15, 0.2) is 11.4 Å². The van der Waals surface area contributed by atoms with Crippen molar-refractivity contribution in [2.24, 2.45) is 0 Å². The first-order valence-corrected chi connectivity index (χ1v) is 7.11. The average molecular weight is 316 g/mol. The number of rotatable bonds is 1. The third-order valence-electron chi connectivity index (χ3n) is 4.00. The second-order valence-corrected chi connectivity index (χ2v) is 5.69. The lowest BCUT2D eigenvalue weighted by Gasteiger charge is -2.23. The minimum Gasteiger partial charge on any atom is -0.373 e. The molecular weight excluding hydrogens is 305 g/mol. The van der Waals surface area contributed by atoms with E-state index in [1.807, 2.05) is 0 Å². The summed E-state index contributed by atoms with van der Waals surface area (Å²) in [5, 5.41) is 19.9. The van der Waals surface area contributed by atoms with Crippen LogP contribution in [0.5, 0.6) is 0 Å². The van der Waals surface area contributed by atoms with Gasteiger partial charge in [0.1, 0.15) is 11.6 Å². The van der Waals surface area contributed by atoms with E-state index in [-0.39, 0.29) is 11.4 Å². The van der Waals surface area contributed by atoms with Crippen molar-refractivity contribution in [1.82, 2.24) is 14.8 Å². The lowest BCUT2D eigenvalue weighted by atomic mass is 9.87. The molecule has 0 saturated carbocycles. The number of benzene rings is 2. The van der Waals surface area contributed by atoms with Crippen molar-refractivity contribution in [2.45, 2.75) is 12.5 Å². The van der Waals surface area contributed by atoms with Gasteiger partial charge < -0.3 is 5.11 Å². The largest absolute Gasteiger partial charge is 0.373 e. The summed E-state index contributed by atoms with van der Waals surface area (Å²) in [6.45, 7) is 1.78. The van der Waals surface area contributed by atoms with E-state index in [0.29, 0.717) is 22.1 Å². The lowest BCUT2D eigenvalue weighted by molar-refractivity contribution is 0.117. The fourth-order valence-corrected chi connectivity index (χ4v) is 3.19. The van der Waals surface area contributed by atoms with Crippen molar-refractivity contribution in [3.05, 3.63) is 76.1 Å². The SMILES string of the molecule is Cc1nnc2n1-c1ccc(Cl)cc1C2(O)c1ccccc1F. The van der Waals surface area contributed by atoms with Crippen molar-refractivity contribution in [3.63, 3.8) is 0 Å². The fourth-order valence-electron chi connectivity index (χ4n) is 3.02. The summed E-state index contributed by atoms with van der Waals surface area (Å²) in [6.07, 6.45) is 0. The van der Waals surface area contributed by atoms with Crippen molar-refractivity contribution in [1.29, 1.82) is 0 Å². The predicted molar refractivity (Wildman–Crippen MR) is 79.6 cm³/mol. The summed E-state index contributed by atoms with van der Waals surface area (Å²) >= 11 is 6.08. The number of hydrogen-bond acceptors (Lipinski definition) is 3. The van der Waals surface area contributed by atoms with Crippen LogP contribution in [-0.2, 0) is 5.60 Å². The van der Waals surface area contributed by atoms with Gasteiger partial charge in [0.25, 0.3) is 0 Å². The van der Waals surface area contributed by atoms with Crippen LogP contribution in [0, 0.1) is 12.7 Å². The number of aryl methyl sites for hydroxylation is 1. The molecule has 110 valence electrons. The molecule has 22 heavy (non-hydrogen) atoms. The zero-order valence-corrected chi connectivity index (χ0v) is 12.3. The highest BCUT2D eigenvalue weighted by molar-refractivity contribution is 6.30. The molecule has 0 fully saturated rings. The third kappa shape index (κ3) is 1.55. The van der Waals surface area contributed by atoms with Crippen LogP contribution in [0.4, 0.5) is 4.39 Å². The van der Waals surface area contributed by atoms with Gasteiger partial charge in [0.05, 0.1) is 5.69 Å². The van der Waals surface area contributed by atoms with E-state index in [2.05, 4.69) is 10.2 Å². The monoisotopic (exact) mass is 315 g/mol. The molecule has 0 radical (unpaired) electrons. The van der Waals surface area contributed by atoms with Crippen LogP contribution in [-0.4, -0.2) is 19.9 Å². The molecule has 6 heteroatoms. The normalized spacial score (nSPS) is 19.1. The summed E-state index contributed by atoms with van der Waals surface area (Å²) in [7, 11) is 0. The van der Waals surface area contributed by atoms with Gasteiger partial charge in [0.2, 0.25) is 0 Å². The number of aliphatic hydroxyl groups is 1. The van der Waals surface area contributed by atoms with Crippen LogP contribution in [0.1, 0.15) is 22.8 Å². The molecular formula is C16H11ClFN3O. The standard InChI is InChI=1S/C16H11ClFN3O/c1-9-19-20-15-16(22,11-4-2-3-5-13(11)18)12-8-10(17)6-7-14(12)21(9)15/h2-8,22H,1H3. The van der Waals surface area contributed by atoms with Gasteiger partial charge in [-0.1, -0.05) is 29.8 Å². The Balaban J connectivity index is 2.13. The maximum absolute atomic E-state index is 14.3. The molecule has 0 spiro atoms. The Kier molecular flexibility index (Phi) is 2.67.